The molecule has 1 aromatic rings. The molecule has 0 aliphatic rings. The van der Waals surface area contributed by atoms with E-state index in [1.54, 1.807) is 0 Å². The highest BCUT2D eigenvalue weighted by molar-refractivity contribution is 5.69. The smallest absolute Gasteiger partial charge is 0.306 e. The molecule has 6 heteroatoms. The van der Waals surface area contributed by atoms with Crippen molar-refractivity contribution in [2.75, 3.05) is 32.8 Å². The third kappa shape index (κ3) is 34.6. The van der Waals surface area contributed by atoms with Crippen molar-refractivity contribution in [3.8, 4) is 0 Å². The molecule has 0 radical (unpaired) electrons. The second-order valence-corrected chi connectivity index (χ2v) is 17.1. The Morgan fingerprint density at radius 2 is 0.895 bits per heavy atom. The van der Waals surface area contributed by atoms with Gasteiger partial charge >= 0.3 is 11.9 Å². The minimum atomic E-state index is -0.0530. The summed E-state index contributed by atoms with van der Waals surface area (Å²) in [6.45, 7) is 10.3. The quantitative estimate of drug-likeness (QED) is 0.0524. The van der Waals surface area contributed by atoms with Crippen LogP contribution in [0.5, 0.6) is 0 Å². The zero-order chi connectivity index (χ0) is 41.3. The Morgan fingerprint density at radius 1 is 0.491 bits per heavy atom. The van der Waals surface area contributed by atoms with Crippen molar-refractivity contribution >= 4 is 11.9 Å². The van der Waals surface area contributed by atoms with Crippen LogP contribution in [0.15, 0.2) is 24.3 Å². The first-order valence-electron chi connectivity index (χ1n) is 24.8. The molecule has 0 saturated heterocycles. The summed E-state index contributed by atoms with van der Waals surface area (Å²) in [7, 11) is 0. The highest BCUT2D eigenvalue weighted by Crippen LogP contribution is 2.19. The zero-order valence-corrected chi connectivity index (χ0v) is 38.0. The van der Waals surface area contributed by atoms with Gasteiger partial charge in [-0.15, -0.1) is 0 Å². The summed E-state index contributed by atoms with van der Waals surface area (Å²) in [5, 5.41) is 9.59. The summed E-state index contributed by atoms with van der Waals surface area (Å²) < 4.78 is 11.5. The maximum Gasteiger partial charge on any atom is 0.306 e. The SMILES string of the molecule is CCCCCCCCC(CCCCCCCC)OC(=O)CCCCCCCN(CCO)CCCCCCCC(=O)OCCCCc1ccc(CCCCCC)cc1. The highest BCUT2D eigenvalue weighted by atomic mass is 16.5. The molecule has 1 aromatic carbocycles. The first kappa shape index (κ1) is 53.1. The molecule has 6 nitrogen and oxygen atoms in total. The first-order valence-corrected chi connectivity index (χ1v) is 24.8. The van der Waals surface area contributed by atoms with Gasteiger partial charge in [-0.2, -0.15) is 0 Å². The van der Waals surface area contributed by atoms with Gasteiger partial charge in [0.2, 0.25) is 0 Å². The molecule has 57 heavy (non-hydrogen) atoms. The Hall–Kier alpha value is -1.92. The largest absolute Gasteiger partial charge is 0.466 e. The second-order valence-electron chi connectivity index (χ2n) is 17.1. The molecule has 0 saturated carbocycles. The van der Waals surface area contributed by atoms with Crippen molar-refractivity contribution in [3.63, 3.8) is 0 Å². The average molecular weight is 800 g/mol. The predicted octanol–water partition coefficient (Wildman–Crippen LogP) is 14.1. The van der Waals surface area contributed by atoms with E-state index in [1.165, 1.54) is 127 Å². The lowest BCUT2D eigenvalue weighted by atomic mass is 10.0. The van der Waals surface area contributed by atoms with Gasteiger partial charge in [0.25, 0.3) is 0 Å². The van der Waals surface area contributed by atoms with E-state index in [4.69, 9.17) is 9.47 Å². The molecular weight excluding hydrogens is 707 g/mol. The summed E-state index contributed by atoms with van der Waals surface area (Å²) in [6, 6.07) is 9.09. The summed E-state index contributed by atoms with van der Waals surface area (Å²) in [6.07, 6.45) is 38.9. The van der Waals surface area contributed by atoms with E-state index in [-0.39, 0.29) is 24.6 Å². The molecular formula is C51H93NO5. The number of hydrogen-bond acceptors (Lipinski definition) is 6. The molecule has 0 aliphatic heterocycles. The van der Waals surface area contributed by atoms with Gasteiger partial charge in [-0.25, -0.2) is 0 Å². The number of aliphatic hydroxyl groups excluding tert-OH is 1. The predicted molar refractivity (Wildman–Crippen MR) is 243 cm³/mol. The molecule has 332 valence electrons. The number of carbonyl (C=O) groups excluding carboxylic acids is 2. The molecule has 0 heterocycles. The summed E-state index contributed by atoms with van der Waals surface area (Å²) in [5.74, 6) is -0.0415. The minimum Gasteiger partial charge on any atom is -0.466 e. The van der Waals surface area contributed by atoms with Crippen molar-refractivity contribution in [3.05, 3.63) is 35.4 Å². The minimum absolute atomic E-state index is 0.0115. The Balaban J connectivity index is 2.07. The Labute approximate surface area is 353 Å². The van der Waals surface area contributed by atoms with Crippen LogP contribution >= 0.6 is 0 Å². The van der Waals surface area contributed by atoms with Crippen LogP contribution in [0.1, 0.15) is 237 Å². The number of esters is 2. The van der Waals surface area contributed by atoms with Crippen LogP contribution in [0.3, 0.4) is 0 Å². The normalized spacial score (nSPS) is 11.5. The summed E-state index contributed by atoms with van der Waals surface area (Å²) >= 11 is 0. The molecule has 0 aliphatic carbocycles. The fourth-order valence-electron chi connectivity index (χ4n) is 7.88. The van der Waals surface area contributed by atoms with E-state index in [9.17, 15) is 14.7 Å². The van der Waals surface area contributed by atoms with E-state index in [0.717, 1.165) is 110 Å². The Bertz CT molecular complexity index is 997. The number of nitrogens with zero attached hydrogens (tertiary/aromatic N) is 1. The summed E-state index contributed by atoms with van der Waals surface area (Å²) in [4.78, 5) is 27.3. The molecule has 0 fully saturated rings. The third-order valence-electron chi connectivity index (χ3n) is 11.6. The number of aliphatic hydroxyl groups is 1. The first-order chi connectivity index (χ1) is 28.0. The topological polar surface area (TPSA) is 76.1 Å². The summed E-state index contributed by atoms with van der Waals surface area (Å²) in [5.41, 5.74) is 2.82. The Kier molecular flexibility index (Phi) is 38.0. The van der Waals surface area contributed by atoms with Crippen molar-refractivity contribution in [1.29, 1.82) is 0 Å². The number of benzene rings is 1. The van der Waals surface area contributed by atoms with Gasteiger partial charge in [0, 0.05) is 19.4 Å². The van der Waals surface area contributed by atoms with Crippen LogP contribution in [0.2, 0.25) is 0 Å². The fourth-order valence-corrected chi connectivity index (χ4v) is 7.88. The third-order valence-corrected chi connectivity index (χ3v) is 11.6. The van der Waals surface area contributed by atoms with Gasteiger partial charge in [0.1, 0.15) is 6.10 Å². The van der Waals surface area contributed by atoms with Crippen LogP contribution in [0.4, 0.5) is 0 Å². The number of hydrogen-bond donors (Lipinski definition) is 1. The van der Waals surface area contributed by atoms with E-state index >= 15 is 0 Å². The van der Waals surface area contributed by atoms with Crippen molar-refractivity contribution in [1.82, 2.24) is 4.90 Å². The maximum absolute atomic E-state index is 12.7. The van der Waals surface area contributed by atoms with Gasteiger partial charge < -0.3 is 19.5 Å². The molecule has 0 atom stereocenters. The second kappa shape index (κ2) is 40.8. The van der Waals surface area contributed by atoms with Crippen LogP contribution in [0, 0.1) is 0 Å². The highest BCUT2D eigenvalue weighted by Gasteiger charge is 2.14. The van der Waals surface area contributed by atoms with Crippen LogP contribution < -0.4 is 0 Å². The van der Waals surface area contributed by atoms with Crippen LogP contribution in [0.25, 0.3) is 0 Å². The molecule has 0 aromatic heterocycles. The van der Waals surface area contributed by atoms with Crippen LogP contribution in [-0.4, -0.2) is 60.9 Å². The molecule has 1 rings (SSSR count). The van der Waals surface area contributed by atoms with Crippen molar-refractivity contribution < 1.29 is 24.2 Å². The zero-order valence-electron chi connectivity index (χ0n) is 38.0. The van der Waals surface area contributed by atoms with E-state index in [2.05, 4.69) is 49.9 Å². The molecule has 0 spiro atoms. The number of aryl methyl sites for hydroxylation is 2. The van der Waals surface area contributed by atoms with E-state index in [0.29, 0.717) is 19.4 Å². The average Bonchev–Trinajstić information content (AvgIpc) is 3.21. The van der Waals surface area contributed by atoms with Gasteiger partial charge in [0.15, 0.2) is 0 Å². The van der Waals surface area contributed by atoms with Gasteiger partial charge in [-0.05, 0) is 108 Å². The lowest BCUT2D eigenvalue weighted by molar-refractivity contribution is -0.150. The van der Waals surface area contributed by atoms with Crippen molar-refractivity contribution in [2.45, 2.75) is 245 Å². The number of ether oxygens (including phenoxy) is 2. The molecule has 0 unspecified atom stereocenters. The van der Waals surface area contributed by atoms with Crippen LogP contribution in [-0.2, 0) is 31.9 Å². The van der Waals surface area contributed by atoms with E-state index in [1.807, 2.05) is 0 Å². The van der Waals surface area contributed by atoms with Gasteiger partial charge in [-0.3, -0.25) is 9.59 Å². The van der Waals surface area contributed by atoms with Gasteiger partial charge in [-0.1, -0.05) is 167 Å². The number of rotatable bonds is 43. The monoisotopic (exact) mass is 800 g/mol. The lowest BCUT2D eigenvalue weighted by Crippen LogP contribution is -2.29. The van der Waals surface area contributed by atoms with Crippen molar-refractivity contribution in [2.24, 2.45) is 0 Å². The Morgan fingerprint density at radius 3 is 1.39 bits per heavy atom. The maximum atomic E-state index is 12.7. The number of carbonyl (C=O) groups is 2. The molecule has 1 N–H and O–H groups in total. The van der Waals surface area contributed by atoms with E-state index < -0.39 is 0 Å². The fraction of sp³-hybridized carbons (Fsp3) is 0.843. The molecule has 0 bridgehead atoms. The lowest BCUT2D eigenvalue weighted by Gasteiger charge is -2.21. The molecule has 0 amide bonds. The standard InChI is InChI=1S/C51H93NO5/c1-4-7-10-13-17-24-34-49(35-25-18-14-11-8-5-2)57-51(55)37-27-20-16-22-30-43-52(44-45-53)42-29-21-15-19-26-36-50(54)56-46-31-28-33-48-40-38-47(39-41-48)32-23-12-9-6-3/h38-41,49,53H,4-37,42-46H2,1-3H3. The van der Waals surface area contributed by atoms with Gasteiger partial charge in [0.05, 0.1) is 13.2 Å². The number of unbranched alkanes of at least 4 members (excludes halogenated alkanes) is 22.